The Hall–Kier alpha value is -1.73. The Morgan fingerprint density at radius 3 is 2.60 bits per heavy atom. The van der Waals surface area contributed by atoms with Crippen LogP contribution in [0.2, 0.25) is 0 Å². The minimum atomic E-state index is -0.598. The Balaban J connectivity index is 0.00000312. The molecular formula is C18H27NO5S. The molecule has 1 N–H and O–H groups in total. The van der Waals surface area contributed by atoms with Gasteiger partial charge in [-0.1, -0.05) is 0 Å². The maximum absolute atomic E-state index is 12.5. The highest BCUT2D eigenvalue weighted by Gasteiger charge is 2.34. The Labute approximate surface area is 155 Å². The number of methoxy groups -OCH3 is 1. The fourth-order valence-electron chi connectivity index (χ4n) is 2.98. The molecule has 7 heteroatoms. The monoisotopic (exact) mass is 369 g/mol. The zero-order chi connectivity index (χ0) is 17.9. The van der Waals surface area contributed by atoms with E-state index in [1.165, 1.54) is 0 Å². The van der Waals surface area contributed by atoms with Crippen LogP contribution < -0.4 is 4.74 Å². The Kier molecular flexibility index (Phi) is 7.31. The maximum Gasteiger partial charge on any atom is 0.410 e. The van der Waals surface area contributed by atoms with Crippen molar-refractivity contribution in [3.8, 4) is 5.75 Å². The van der Waals surface area contributed by atoms with Crippen molar-refractivity contribution in [1.82, 2.24) is 4.90 Å². The van der Waals surface area contributed by atoms with Crippen molar-refractivity contribution < 1.29 is 24.2 Å². The quantitative estimate of drug-likeness (QED) is 0.826. The lowest BCUT2D eigenvalue weighted by molar-refractivity contribution is -0.109. The lowest BCUT2D eigenvalue weighted by Gasteiger charge is -2.37. The van der Waals surface area contributed by atoms with Crippen molar-refractivity contribution in [1.29, 1.82) is 0 Å². The topological polar surface area (TPSA) is 76.1 Å². The van der Waals surface area contributed by atoms with Crippen molar-refractivity contribution >= 4 is 25.9 Å². The number of benzene rings is 1. The molecule has 0 unspecified atom stereocenters. The van der Waals surface area contributed by atoms with Crippen LogP contribution in [-0.2, 0) is 22.6 Å². The molecule has 1 atom stereocenters. The van der Waals surface area contributed by atoms with Crippen molar-refractivity contribution in [2.75, 3.05) is 13.7 Å². The van der Waals surface area contributed by atoms with Crippen LogP contribution in [0.3, 0.4) is 0 Å². The first kappa shape index (κ1) is 21.3. The van der Waals surface area contributed by atoms with Gasteiger partial charge >= 0.3 is 6.09 Å². The van der Waals surface area contributed by atoms with Crippen LogP contribution in [0.5, 0.6) is 5.75 Å². The summed E-state index contributed by atoms with van der Waals surface area (Å²) >= 11 is 0. The Morgan fingerprint density at radius 2 is 2.08 bits per heavy atom. The first-order valence-corrected chi connectivity index (χ1v) is 8.04. The van der Waals surface area contributed by atoms with Crippen molar-refractivity contribution in [2.45, 2.75) is 51.9 Å². The minimum Gasteiger partial charge on any atom is -0.496 e. The van der Waals surface area contributed by atoms with Crippen molar-refractivity contribution in [2.24, 2.45) is 0 Å². The maximum atomic E-state index is 12.5. The van der Waals surface area contributed by atoms with Gasteiger partial charge < -0.3 is 24.3 Å². The number of nitrogens with zero attached hydrogens (tertiary/aromatic N) is 1. The van der Waals surface area contributed by atoms with Gasteiger partial charge in [-0.05, 0) is 50.5 Å². The van der Waals surface area contributed by atoms with Gasteiger partial charge in [0.05, 0.1) is 19.8 Å². The first-order chi connectivity index (χ1) is 11.3. The van der Waals surface area contributed by atoms with E-state index >= 15 is 0 Å². The molecule has 0 fully saturated rings. The second kappa shape index (κ2) is 8.58. The minimum absolute atomic E-state index is 0. The average Bonchev–Trinajstić information content (AvgIpc) is 2.52. The number of hydrogen-bond acceptors (Lipinski definition) is 5. The number of aldehydes is 1. The number of amides is 1. The predicted octanol–water partition coefficient (Wildman–Crippen LogP) is 2.72. The molecule has 1 aliphatic heterocycles. The van der Waals surface area contributed by atoms with Crippen molar-refractivity contribution in [3.63, 3.8) is 0 Å². The van der Waals surface area contributed by atoms with Gasteiger partial charge in [0.2, 0.25) is 0 Å². The first-order valence-electron chi connectivity index (χ1n) is 8.04. The zero-order valence-electron chi connectivity index (χ0n) is 15.2. The van der Waals surface area contributed by atoms with Gasteiger partial charge in [0.15, 0.2) is 0 Å². The van der Waals surface area contributed by atoms with Gasteiger partial charge in [-0.2, -0.15) is 13.5 Å². The molecule has 1 amide bonds. The zero-order valence-corrected chi connectivity index (χ0v) is 16.2. The molecule has 6 nitrogen and oxygen atoms in total. The van der Waals surface area contributed by atoms with Gasteiger partial charge in [-0.25, -0.2) is 4.79 Å². The van der Waals surface area contributed by atoms with E-state index in [0.29, 0.717) is 24.3 Å². The van der Waals surface area contributed by atoms with Crippen LogP contribution in [0, 0.1) is 0 Å². The van der Waals surface area contributed by atoms with E-state index in [9.17, 15) is 14.7 Å². The third-order valence-electron chi connectivity index (χ3n) is 4.02. The summed E-state index contributed by atoms with van der Waals surface area (Å²) in [4.78, 5) is 25.3. The molecule has 0 spiro atoms. The van der Waals surface area contributed by atoms with Crippen LogP contribution in [-0.4, -0.2) is 41.6 Å². The second-order valence-electron chi connectivity index (χ2n) is 6.86. The molecule has 0 bridgehead atoms. The lowest BCUT2D eigenvalue weighted by Crippen LogP contribution is -2.43. The largest absolute Gasteiger partial charge is 0.496 e. The third-order valence-corrected chi connectivity index (χ3v) is 4.02. The molecule has 1 aromatic rings. The Bertz CT molecular complexity index is 627. The summed E-state index contributed by atoms with van der Waals surface area (Å²) in [5, 5.41) is 9.54. The SMILES string of the molecule is COc1cc2c(cc1CO)[C@H](CC=O)N(C(=O)OC(C)(C)C)CC2.S. The molecule has 0 saturated heterocycles. The lowest BCUT2D eigenvalue weighted by atomic mass is 9.89. The number of hydrogen-bond donors (Lipinski definition) is 1. The van der Waals surface area contributed by atoms with E-state index in [-0.39, 0.29) is 26.5 Å². The highest BCUT2D eigenvalue weighted by atomic mass is 32.1. The molecule has 1 aromatic carbocycles. The second-order valence-corrected chi connectivity index (χ2v) is 6.86. The van der Waals surface area contributed by atoms with Crippen LogP contribution in [0.15, 0.2) is 12.1 Å². The van der Waals surface area contributed by atoms with Gasteiger partial charge in [0.25, 0.3) is 0 Å². The fraction of sp³-hybridized carbons (Fsp3) is 0.556. The van der Waals surface area contributed by atoms with E-state index < -0.39 is 17.7 Å². The van der Waals surface area contributed by atoms with Gasteiger partial charge in [0, 0.05) is 18.5 Å². The van der Waals surface area contributed by atoms with Gasteiger partial charge in [0.1, 0.15) is 17.6 Å². The van der Waals surface area contributed by atoms with E-state index in [1.807, 2.05) is 32.9 Å². The van der Waals surface area contributed by atoms with E-state index in [1.54, 1.807) is 12.0 Å². The highest BCUT2D eigenvalue weighted by molar-refractivity contribution is 7.59. The molecule has 140 valence electrons. The molecule has 1 aliphatic rings. The van der Waals surface area contributed by atoms with E-state index in [2.05, 4.69) is 0 Å². The number of carbonyl (C=O) groups is 2. The van der Waals surface area contributed by atoms with Crippen molar-refractivity contribution in [3.05, 3.63) is 28.8 Å². The van der Waals surface area contributed by atoms with Gasteiger partial charge in [-0.15, -0.1) is 0 Å². The molecule has 2 rings (SSSR count). The summed E-state index contributed by atoms with van der Waals surface area (Å²) in [6.45, 7) is 5.74. The average molecular weight is 369 g/mol. The van der Waals surface area contributed by atoms with Crippen LogP contribution in [0.1, 0.15) is 49.9 Å². The number of aliphatic hydroxyl groups is 1. The molecule has 0 aliphatic carbocycles. The summed E-state index contributed by atoms with van der Waals surface area (Å²) in [6.07, 6.45) is 1.21. The third kappa shape index (κ3) is 4.89. The molecule has 0 radical (unpaired) electrons. The molecule has 25 heavy (non-hydrogen) atoms. The highest BCUT2D eigenvalue weighted by Crippen LogP contribution is 2.36. The number of carbonyl (C=O) groups excluding carboxylic acids is 2. The summed E-state index contributed by atoms with van der Waals surface area (Å²) in [7, 11) is 1.56. The van der Waals surface area contributed by atoms with Gasteiger partial charge in [-0.3, -0.25) is 0 Å². The van der Waals surface area contributed by atoms with E-state index in [0.717, 1.165) is 17.4 Å². The molecule has 1 heterocycles. The Morgan fingerprint density at radius 1 is 1.40 bits per heavy atom. The summed E-state index contributed by atoms with van der Waals surface area (Å²) < 4.78 is 10.8. The number of fused-ring (bicyclic) bond motifs is 1. The van der Waals surface area contributed by atoms with Crippen LogP contribution in [0.25, 0.3) is 0 Å². The smallest absolute Gasteiger partial charge is 0.410 e. The number of rotatable bonds is 4. The van der Waals surface area contributed by atoms with E-state index in [4.69, 9.17) is 9.47 Å². The molecular weight excluding hydrogens is 342 g/mol. The summed E-state index contributed by atoms with van der Waals surface area (Å²) in [5.74, 6) is 0.617. The van der Waals surface area contributed by atoms with Crippen LogP contribution in [0.4, 0.5) is 4.79 Å². The van der Waals surface area contributed by atoms with Crippen LogP contribution >= 0.6 is 13.5 Å². The summed E-state index contributed by atoms with van der Waals surface area (Å²) in [6, 6.07) is 3.31. The number of aliphatic hydroxyl groups excluding tert-OH is 1. The molecule has 0 saturated carbocycles. The number of ether oxygens (including phenoxy) is 2. The standard InChI is InChI=1S/C18H25NO5.H2S/c1-18(2,3)24-17(22)19-7-5-12-10-16(23-4)13(11-21)9-14(12)15(19)6-8-20;/h8-10,15,21H,5-7,11H2,1-4H3;1H2/t15-;/m0./s1. The predicted molar refractivity (Wildman–Crippen MR) is 99.4 cm³/mol. The normalized spacial score (nSPS) is 16.5. The summed E-state index contributed by atoms with van der Waals surface area (Å²) in [5.41, 5.74) is 1.93. The molecule has 0 aromatic heterocycles. The fourth-order valence-corrected chi connectivity index (χ4v) is 2.98.